The average Bonchev–Trinajstić information content (AvgIpc) is 1.60. The van der Waals surface area contributed by atoms with Crippen molar-refractivity contribution in [3.63, 3.8) is 0 Å². The third kappa shape index (κ3) is 17.2. The van der Waals surface area contributed by atoms with Crippen LogP contribution in [0.15, 0.2) is 242 Å². The molecule has 0 radical (unpaired) electrons. The molecule has 0 saturated heterocycles. The van der Waals surface area contributed by atoms with Gasteiger partial charge in [-0.1, -0.05) is 159 Å². The largest absolute Gasteiger partial charge is 0.462 e. The normalized spacial score (nSPS) is 19.6. The Morgan fingerprint density at radius 2 is 0.889 bits per heavy atom. The second kappa shape index (κ2) is 33.1. The number of hydrogen-bond acceptors (Lipinski definition) is 18. The van der Waals surface area contributed by atoms with Gasteiger partial charge in [-0.05, 0) is 170 Å². The summed E-state index contributed by atoms with van der Waals surface area (Å²) >= 11 is 0. The summed E-state index contributed by atoms with van der Waals surface area (Å²) < 4.78 is 56.8. The molecule has 8 aromatic rings. The number of carbonyl (C=O) groups is 7. The van der Waals surface area contributed by atoms with Gasteiger partial charge in [-0.15, -0.1) is 0 Å². The van der Waals surface area contributed by atoms with E-state index in [4.69, 9.17) is 42.6 Å². The van der Waals surface area contributed by atoms with Crippen LogP contribution < -0.4 is 0 Å². The molecule has 2 N–H and O–H groups in total. The number of aliphatic hydroxyl groups is 2. The Bertz CT molecular complexity index is 4080. The van der Waals surface area contributed by atoms with Crippen LogP contribution in [0.3, 0.4) is 0 Å². The van der Waals surface area contributed by atoms with Crippen LogP contribution in [0.1, 0.15) is 154 Å². The van der Waals surface area contributed by atoms with E-state index in [0.29, 0.717) is 18.8 Å². The molecular weight excluding hydrogens is 1260 g/mol. The quantitative estimate of drug-likeness (QED) is 0.0200. The number of benzene rings is 8. The number of ether oxygens (including phenoxy) is 9. The summed E-state index contributed by atoms with van der Waals surface area (Å²) in [5.41, 5.74) is 3.61. The first-order valence-corrected chi connectivity index (χ1v) is 33.4. The molecule has 0 spiro atoms. The van der Waals surface area contributed by atoms with Crippen LogP contribution in [-0.4, -0.2) is 108 Å². The molecule has 18 heteroatoms. The SMILES string of the molecule is CCc1ccc2c(c1)CCC1C2CCC2(C)C(OC(O)C(OC(=O)c3ccccc3)=C(OC(O)C(OC(=O)c3ccccc3)C(OC(=O)c3ccccc3)C(CCOC(=O)c3ccccc3)OC(=O)c3ccccc3)C(CCOC(=O)c3ccccc3)OC(=O)c3ccccc3)CCC12. The molecule has 11 unspecified atom stereocenters. The van der Waals surface area contributed by atoms with Gasteiger partial charge in [0.15, 0.2) is 18.0 Å². The van der Waals surface area contributed by atoms with Crippen LogP contribution in [0.4, 0.5) is 0 Å². The molecule has 0 bridgehead atoms. The minimum atomic E-state index is -2.72. The predicted molar refractivity (Wildman–Crippen MR) is 363 cm³/mol. The monoisotopic (exact) mass is 1340 g/mol. The lowest BCUT2D eigenvalue weighted by Crippen LogP contribution is -2.52. The van der Waals surface area contributed by atoms with E-state index in [1.54, 1.807) is 115 Å². The highest BCUT2D eigenvalue weighted by molar-refractivity contribution is 5.93. The van der Waals surface area contributed by atoms with E-state index in [1.165, 1.54) is 114 Å². The van der Waals surface area contributed by atoms with Gasteiger partial charge in [0, 0.05) is 12.8 Å². The van der Waals surface area contributed by atoms with Crippen molar-refractivity contribution < 1.29 is 86.4 Å². The van der Waals surface area contributed by atoms with Gasteiger partial charge in [-0.25, -0.2) is 33.6 Å². The Labute approximate surface area is 574 Å². The summed E-state index contributed by atoms with van der Waals surface area (Å²) in [5.74, 6) is -7.90. The zero-order valence-corrected chi connectivity index (χ0v) is 54.9. The first-order valence-electron chi connectivity index (χ1n) is 33.4. The fourth-order valence-corrected chi connectivity index (χ4v) is 13.8. The number of carbonyl (C=O) groups excluding carboxylic acids is 7. The van der Waals surface area contributed by atoms with Gasteiger partial charge in [0.25, 0.3) is 0 Å². The van der Waals surface area contributed by atoms with Gasteiger partial charge < -0.3 is 52.8 Å². The van der Waals surface area contributed by atoms with Gasteiger partial charge >= 0.3 is 41.8 Å². The topological polar surface area (TPSA) is 243 Å². The maximum Gasteiger partial charge on any atom is 0.343 e. The zero-order valence-electron chi connectivity index (χ0n) is 54.9. The molecular formula is C81H78O18. The molecule has 3 aliphatic carbocycles. The van der Waals surface area contributed by atoms with Crippen LogP contribution in [-0.2, 0) is 55.5 Å². The number of esters is 7. The van der Waals surface area contributed by atoms with Crippen LogP contribution in [0, 0.1) is 17.3 Å². The third-order valence-corrected chi connectivity index (χ3v) is 18.9. The van der Waals surface area contributed by atoms with Crippen molar-refractivity contribution in [2.75, 3.05) is 13.2 Å². The van der Waals surface area contributed by atoms with E-state index in [9.17, 15) is 43.8 Å². The third-order valence-electron chi connectivity index (χ3n) is 18.9. The molecule has 0 heterocycles. The number of hydrogen-bond donors (Lipinski definition) is 2. The maximum atomic E-state index is 14.9. The van der Waals surface area contributed by atoms with Gasteiger partial charge in [-0.3, -0.25) is 0 Å². The fraction of sp³-hybridized carbons (Fsp3) is 0.296. The summed E-state index contributed by atoms with van der Waals surface area (Å²) in [5, 5.41) is 26.7. The maximum absolute atomic E-state index is 14.9. The van der Waals surface area contributed by atoms with Crippen molar-refractivity contribution in [1.29, 1.82) is 0 Å². The average molecular weight is 1340 g/mol. The highest BCUT2D eigenvalue weighted by atomic mass is 16.7. The minimum Gasteiger partial charge on any atom is -0.462 e. The Kier molecular flexibility index (Phi) is 23.4. The van der Waals surface area contributed by atoms with Gasteiger partial charge in [0.1, 0.15) is 6.10 Å². The smallest absolute Gasteiger partial charge is 0.343 e. The first-order chi connectivity index (χ1) is 48.1. The Balaban J connectivity index is 1.06. The lowest BCUT2D eigenvalue weighted by atomic mass is 9.55. The number of aryl methyl sites for hydroxylation is 2. The molecule has 11 atom stereocenters. The summed E-state index contributed by atoms with van der Waals surface area (Å²) in [6.07, 6.45) is -9.64. The summed E-state index contributed by atoms with van der Waals surface area (Å²) in [7, 11) is 0. The molecule has 99 heavy (non-hydrogen) atoms. The molecule has 3 aliphatic rings. The standard InChI is InChI=1S/C81H78O18/c1-3-52-39-41-61-60(51-52)40-42-63-62(61)45-48-81(2)64(63)43-44-67(81)95-79(89)70(98-77(87)58-35-21-9-22-36-58)69(66(94-75(85)56-31-17-7-18-32-56)47-50-92-73(83)54-27-13-5-14-28-54)97-80(90)71(99-78(88)59-37-23-10-24-38-59)68(96-76(86)57-33-19-8-20-34-57)65(93-74(84)55-29-15-6-16-30-55)46-49-91-72(82)53-25-11-4-12-26-53/h4-39,41,51,62-68,71,79-80,89-90H,3,40,42-50H2,1-2H3. The van der Waals surface area contributed by atoms with Gasteiger partial charge in [-0.2, -0.15) is 0 Å². The van der Waals surface area contributed by atoms with Crippen LogP contribution in [0.2, 0.25) is 0 Å². The van der Waals surface area contributed by atoms with Gasteiger partial charge in [0.2, 0.25) is 24.4 Å². The van der Waals surface area contributed by atoms with Crippen molar-refractivity contribution >= 4 is 41.8 Å². The van der Waals surface area contributed by atoms with E-state index < -0.39 is 128 Å². The van der Waals surface area contributed by atoms with Crippen molar-refractivity contribution in [3.05, 3.63) is 298 Å². The highest BCUT2D eigenvalue weighted by Gasteiger charge is 2.56. The molecule has 0 aliphatic heterocycles. The van der Waals surface area contributed by atoms with E-state index in [0.717, 1.165) is 32.1 Å². The van der Waals surface area contributed by atoms with Crippen molar-refractivity contribution in [2.24, 2.45) is 17.3 Å². The van der Waals surface area contributed by atoms with E-state index in [-0.39, 0.29) is 50.8 Å². The predicted octanol–water partition coefficient (Wildman–Crippen LogP) is 13.6. The molecule has 2 fully saturated rings. The molecule has 2 saturated carbocycles. The summed E-state index contributed by atoms with van der Waals surface area (Å²) in [6, 6.07) is 61.2. The van der Waals surface area contributed by atoms with E-state index in [2.05, 4.69) is 32.0 Å². The van der Waals surface area contributed by atoms with Crippen LogP contribution >= 0.6 is 0 Å². The minimum absolute atomic E-state index is 0.00133. The second-order valence-corrected chi connectivity index (χ2v) is 25.0. The second-order valence-electron chi connectivity index (χ2n) is 25.0. The molecule has 18 nitrogen and oxygen atoms in total. The van der Waals surface area contributed by atoms with E-state index >= 15 is 0 Å². The van der Waals surface area contributed by atoms with Crippen molar-refractivity contribution in [1.82, 2.24) is 0 Å². The molecule has 510 valence electrons. The Morgan fingerprint density at radius 3 is 1.37 bits per heavy atom. The Morgan fingerprint density at radius 1 is 0.455 bits per heavy atom. The number of fused-ring (bicyclic) bond motifs is 5. The highest BCUT2D eigenvalue weighted by Crippen LogP contribution is 2.62. The molecule has 8 aromatic carbocycles. The first kappa shape index (κ1) is 69.8. The van der Waals surface area contributed by atoms with Crippen molar-refractivity contribution in [2.45, 2.75) is 121 Å². The number of rotatable bonds is 28. The Hall–Kier alpha value is -10.5. The van der Waals surface area contributed by atoms with E-state index in [1.807, 2.05) is 0 Å². The molecule has 11 rings (SSSR count). The molecule has 0 aromatic heterocycles. The lowest BCUT2D eigenvalue weighted by molar-refractivity contribution is -0.202. The summed E-state index contributed by atoms with van der Waals surface area (Å²) in [4.78, 5) is 101. The molecule has 0 amide bonds. The summed E-state index contributed by atoms with van der Waals surface area (Å²) in [6.45, 7) is 3.18. The lowest BCUT2D eigenvalue weighted by Gasteiger charge is -2.51. The number of aliphatic hydroxyl groups excluding tert-OH is 2. The van der Waals surface area contributed by atoms with Gasteiger partial charge in [0.05, 0.1) is 58.3 Å². The fourth-order valence-electron chi connectivity index (χ4n) is 13.8. The van der Waals surface area contributed by atoms with Crippen molar-refractivity contribution in [3.8, 4) is 0 Å². The van der Waals surface area contributed by atoms with Crippen LogP contribution in [0.25, 0.3) is 0 Å². The zero-order chi connectivity index (χ0) is 69.3. The van der Waals surface area contributed by atoms with Crippen LogP contribution in [0.5, 0.6) is 0 Å².